The molecule has 0 aliphatic heterocycles. The Bertz CT molecular complexity index is 1480. The molecule has 0 saturated carbocycles. The number of para-hydroxylation sites is 1. The lowest BCUT2D eigenvalue weighted by Crippen LogP contribution is -2.19. The van der Waals surface area contributed by atoms with Gasteiger partial charge in [-0.3, -0.25) is 4.79 Å². The second kappa shape index (κ2) is 9.63. The molecule has 5 aromatic rings. The number of methoxy groups -OCH3 is 1. The largest absolute Gasteiger partial charge is 0.497 e. The molecule has 0 aliphatic rings. The van der Waals surface area contributed by atoms with Crippen molar-refractivity contribution in [2.45, 2.75) is 13.0 Å². The molecule has 0 spiro atoms. The Morgan fingerprint density at radius 3 is 2.47 bits per heavy atom. The van der Waals surface area contributed by atoms with Crippen molar-refractivity contribution in [2.75, 3.05) is 7.11 Å². The highest BCUT2D eigenvalue weighted by Crippen LogP contribution is 2.24. The van der Waals surface area contributed by atoms with E-state index in [1.54, 1.807) is 13.3 Å². The number of amides is 1. The summed E-state index contributed by atoms with van der Waals surface area (Å²) in [5, 5.41) is 7.81. The second-order valence-electron chi connectivity index (χ2n) is 8.19. The number of hydrogen-bond acceptors (Lipinski definition) is 3. The summed E-state index contributed by atoms with van der Waals surface area (Å²) in [6, 6.07) is 30.5. The van der Waals surface area contributed by atoms with Gasteiger partial charge in [-0.05, 0) is 40.1 Å². The summed E-state index contributed by atoms with van der Waals surface area (Å²) in [6.45, 7) is 0.750. The van der Waals surface area contributed by atoms with E-state index in [2.05, 4.69) is 75.9 Å². The minimum absolute atomic E-state index is 0.166. The monoisotopic (exact) mass is 447 g/mol. The van der Waals surface area contributed by atoms with E-state index in [9.17, 15) is 4.79 Å². The van der Waals surface area contributed by atoms with E-state index in [0.717, 1.165) is 34.3 Å². The Morgan fingerprint density at radius 1 is 0.912 bits per heavy atom. The van der Waals surface area contributed by atoms with E-state index < -0.39 is 0 Å². The summed E-state index contributed by atoms with van der Waals surface area (Å²) >= 11 is 0. The van der Waals surface area contributed by atoms with Gasteiger partial charge in [-0.2, -0.15) is 5.10 Å². The number of carbonyl (C=O) groups excluding carboxylic acids is 1. The van der Waals surface area contributed by atoms with Gasteiger partial charge in [0.2, 0.25) is 5.91 Å². The van der Waals surface area contributed by atoms with Crippen LogP contribution in [0.5, 0.6) is 5.75 Å². The van der Waals surface area contributed by atoms with Crippen molar-refractivity contribution < 1.29 is 9.53 Å². The maximum Gasteiger partial charge on any atom is 0.244 e. The van der Waals surface area contributed by atoms with Crippen molar-refractivity contribution >= 4 is 33.8 Å². The number of fused-ring (bicyclic) bond motifs is 2. The Balaban J connectivity index is 1.35. The van der Waals surface area contributed by atoms with Crippen molar-refractivity contribution in [1.29, 1.82) is 0 Å². The molecule has 0 bridgehead atoms. The molecule has 0 saturated heterocycles. The van der Waals surface area contributed by atoms with Gasteiger partial charge in [0, 0.05) is 29.2 Å². The van der Waals surface area contributed by atoms with Gasteiger partial charge in [-0.25, -0.2) is 5.43 Å². The van der Waals surface area contributed by atoms with Crippen LogP contribution in [-0.4, -0.2) is 23.8 Å². The average Bonchev–Trinajstić information content (AvgIpc) is 3.22. The van der Waals surface area contributed by atoms with Gasteiger partial charge in [-0.1, -0.05) is 72.8 Å². The third-order valence-electron chi connectivity index (χ3n) is 5.96. The quantitative estimate of drug-likeness (QED) is 0.263. The third-order valence-corrected chi connectivity index (χ3v) is 5.96. The van der Waals surface area contributed by atoms with Crippen molar-refractivity contribution in [3.05, 3.63) is 114 Å². The summed E-state index contributed by atoms with van der Waals surface area (Å²) in [5.41, 5.74) is 6.89. The zero-order valence-electron chi connectivity index (χ0n) is 18.9. The molecule has 1 heterocycles. The molecule has 5 rings (SSSR count). The zero-order chi connectivity index (χ0) is 23.3. The number of nitrogens with one attached hydrogen (secondary N) is 1. The molecule has 34 heavy (non-hydrogen) atoms. The predicted molar refractivity (Wildman–Crippen MR) is 137 cm³/mol. The number of carbonyl (C=O) groups is 1. The van der Waals surface area contributed by atoms with Crippen molar-refractivity contribution in [3.63, 3.8) is 0 Å². The molecule has 0 fully saturated rings. The predicted octanol–water partition coefficient (Wildman–Crippen LogP) is 5.54. The number of benzene rings is 4. The SMILES string of the molecule is COc1ccc(CC(=O)N/N=C/c2cn(Cc3cccc4ccccc34)c3ccccc23)cc1. The van der Waals surface area contributed by atoms with Gasteiger partial charge < -0.3 is 9.30 Å². The molecular weight excluding hydrogens is 422 g/mol. The van der Waals surface area contributed by atoms with Crippen LogP contribution in [0.25, 0.3) is 21.7 Å². The van der Waals surface area contributed by atoms with Gasteiger partial charge in [0.15, 0.2) is 0 Å². The molecule has 168 valence electrons. The molecule has 1 N–H and O–H groups in total. The van der Waals surface area contributed by atoms with Gasteiger partial charge in [0.05, 0.1) is 19.7 Å². The van der Waals surface area contributed by atoms with Crippen LogP contribution in [0.15, 0.2) is 102 Å². The standard InChI is InChI=1S/C29H25N3O2/c1-34-25-15-13-21(14-16-25)17-29(33)31-30-18-24-20-32(28-12-5-4-11-27(24)28)19-23-9-6-8-22-7-2-3-10-26(22)23/h2-16,18,20H,17,19H2,1H3,(H,31,33)/b30-18+. The Morgan fingerprint density at radius 2 is 1.65 bits per heavy atom. The van der Waals surface area contributed by atoms with Crippen LogP contribution in [-0.2, 0) is 17.8 Å². The number of ether oxygens (including phenoxy) is 1. The fraction of sp³-hybridized carbons (Fsp3) is 0.103. The fourth-order valence-corrected chi connectivity index (χ4v) is 4.26. The molecule has 0 atom stereocenters. The molecule has 4 aromatic carbocycles. The first-order valence-electron chi connectivity index (χ1n) is 11.2. The van der Waals surface area contributed by atoms with Gasteiger partial charge >= 0.3 is 0 Å². The second-order valence-corrected chi connectivity index (χ2v) is 8.19. The van der Waals surface area contributed by atoms with Crippen LogP contribution in [0.1, 0.15) is 16.7 Å². The number of hydrazone groups is 1. The number of aromatic nitrogens is 1. The van der Waals surface area contributed by atoms with Crippen molar-refractivity contribution in [3.8, 4) is 5.75 Å². The van der Waals surface area contributed by atoms with E-state index in [0.29, 0.717) is 0 Å². The lowest BCUT2D eigenvalue weighted by molar-refractivity contribution is -0.120. The molecule has 5 heteroatoms. The summed E-state index contributed by atoms with van der Waals surface area (Å²) in [7, 11) is 1.62. The molecule has 0 unspecified atom stereocenters. The van der Waals surface area contributed by atoms with Crippen LogP contribution in [0.4, 0.5) is 0 Å². The van der Waals surface area contributed by atoms with Crippen LogP contribution in [0.2, 0.25) is 0 Å². The van der Waals surface area contributed by atoms with E-state index >= 15 is 0 Å². The highest BCUT2D eigenvalue weighted by molar-refractivity contribution is 6.00. The topological polar surface area (TPSA) is 55.6 Å². The Hall–Kier alpha value is -4.38. The summed E-state index contributed by atoms with van der Waals surface area (Å²) in [5.74, 6) is 0.600. The van der Waals surface area contributed by atoms with Gasteiger partial charge in [0.1, 0.15) is 5.75 Å². The first-order chi connectivity index (χ1) is 16.7. The van der Waals surface area contributed by atoms with Crippen LogP contribution in [0.3, 0.4) is 0 Å². The van der Waals surface area contributed by atoms with Crippen LogP contribution in [0, 0.1) is 0 Å². The smallest absolute Gasteiger partial charge is 0.244 e. The highest BCUT2D eigenvalue weighted by atomic mass is 16.5. The molecule has 5 nitrogen and oxygen atoms in total. The van der Waals surface area contributed by atoms with E-state index in [-0.39, 0.29) is 12.3 Å². The molecular formula is C29H25N3O2. The first-order valence-corrected chi connectivity index (χ1v) is 11.2. The van der Waals surface area contributed by atoms with E-state index in [1.165, 1.54) is 16.3 Å². The number of nitrogens with zero attached hydrogens (tertiary/aromatic N) is 2. The maximum absolute atomic E-state index is 12.3. The van der Waals surface area contributed by atoms with Crippen LogP contribution < -0.4 is 10.2 Å². The fourth-order valence-electron chi connectivity index (χ4n) is 4.26. The summed E-state index contributed by atoms with van der Waals surface area (Å²) < 4.78 is 7.39. The van der Waals surface area contributed by atoms with Gasteiger partial charge in [-0.15, -0.1) is 0 Å². The maximum atomic E-state index is 12.3. The lowest BCUT2D eigenvalue weighted by atomic mass is 10.0. The van der Waals surface area contributed by atoms with Crippen molar-refractivity contribution in [1.82, 2.24) is 9.99 Å². The highest BCUT2D eigenvalue weighted by Gasteiger charge is 2.09. The molecule has 1 aromatic heterocycles. The molecule has 0 radical (unpaired) electrons. The number of hydrogen-bond donors (Lipinski definition) is 1. The third kappa shape index (κ3) is 4.55. The number of rotatable bonds is 7. The summed E-state index contributed by atoms with van der Waals surface area (Å²) in [6.07, 6.45) is 4.06. The van der Waals surface area contributed by atoms with Gasteiger partial charge in [0.25, 0.3) is 0 Å². The Labute approximate surface area is 198 Å². The normalized spacial score (nSPS) is 11.3. The minimum Gasteiger partial charge on any atom is -0.497 e. The molecule has 1 amide bonds. The Kier molecular flexibility index (Phi) is 6.08. The van der Waals surface area contributed by atoms with Crippen LogP contribution >= 0.6 is 0 Å². The average molecular weight is 448 g/mol. The van der Waals surface area contributed by atoms with E-state index in [4.69, 9.17) is 4.74 Å². The minimum atomic E-state index is -0.166. The van der Waals surface area contributed by atoms with E-state index in [1.807, 2.05) is 36.4 Å². The zero-order valence-corrected chi connectivity index (χ0v) is 18.9. The molecule has 0 aliphatic carbocycles. The van der Waals surface area contributed by atoms with Crippen molar-refractivity contribution in [2.24, 2.45) is 5.10 Å². The lowest BCUT2D eigenvalue weighted by Gasteiger charge is -2.09. The summed E-state index contributed by atoms with van der Waals surface area (Å²) in [4.78, 5) is 12.3. The first kappa shape index (κ1) is 21.5.